The molecular weight excluding hydrogens is 783 g/mol. The van der Waals surface area contributed by atoms with Crippen LogP contribution in [0.4, 0.5) is 17.1 Å². The molecule has 13 rings (SSSR count). The lowest BCUT2D eigenvalue weighted by molar-refractivity contribution is 0.669. The second kappa shape index (κ2) is 14.3. The molecule has 0 saturated carbocycles. The molecule has 0 amide bonds. The summed E-state index contributed by atoms with van der Waals surface area (Å²) in [5, 5.41) is 12.1. The van der Waals surface area contributed by atoms with E-state index in [1.807, 2.05) is 23.5 Å². The first-order valence-electron chi connectivity index (χ1n) is 21.5. The molecule has 0 atom stereocenters. The van der Waals surface area contributed by atoms with Gasteiger partial charge < -0.3 is 9.32 Å². The molecule has 0 bridgehead atoms. The first-order valence-corrected chi connectivity index (χ1v) is 22.3. The Hall–Kier alpha value is -7.98. The van der Waals surface area contributed by atoms with E-state index in [1.54, 1.807) is 0 Å². The summed E-state index contributed by atoms with van der Waals surface area (Å²) in [6.45, 7) is 0. The Bertz CT molecular complexity index is 3920. The fraction of sp³-hybridized carbons (Fsp3) is 0. The van der Waals surface area contributed by atoms with Gasteiger partial charge >= 0.3 is 0 Å². The van der Waals surface area contributed by atoms with Crippen molar-refractivity contribution in [2.45, 2.75) is 0 Å². The predicted octanol–water partition coefficient (Wildman–Crippen LogP) is 17.9. The third-order valence-electron chi connectivity index (χ3n) is 12.8. The highest BCUT2D eigenvalue weighted by Gasteiger charge is 2.21. The van der Waals surface area contributed by atoms with E-state index in [1.165, 1.54) is 80.3 Å². The van der Waals surface area contributed by atoms with E-state index in [2.05, 4.69) is 217 Å². The van der Waals surface area contributed by atoms with Gasteiger partial charge in [0.2, 0.25) is 0 Å². The van der Waals surface area contributed by atoms with E-state index in [-0.39, 0.29) is 0 Å². The number of hydrogen-bond donors (Lipinski definition) is 0. The number of anilines is 3. The summed E-state index contributed by atoms with van der Waals surface area (Å²) in [7, 11) is 0. The van der Waals surface area contributed by atoms with Gasteiger partial charge in [0.25, 0.3) is 0 Å². The first-order chi connectivity index (χ1) is 31.2. The van der Waals surface area contributed by atoms with Crippen molar-refractivity contribution in [3.05, 3.63) is 224 Å². The third kappa shape index (κ3) is 5.85. The topological polar surface area (TPSA) is 16.4 Å². The Morgan fingerprint density at radius 3 is 1.84 bits per heavy atom. The summed E-state index contributed by atoms with van der Waals surface area (Å²) < 4.78 is 8.92. The van der Waals surface area contributed by atoms with Gasteiger partial charge in [-0.05, 0) is 133 Å². The van der Waals surface area contributed by atoms with Crippen LogP contribution in [0.3, 0.4) is 0 Å². The van der Waals surface area contributed by atoms with Gasteiger partial charge in [0, 0.05) is 47.7 Å². The van der Waals surface area contributed by atoms with Crippen molar-refractivity contribution in [2.24, 2.45) is 0 Å². The molecule has 0 radical (unpaired) electrons. The molecule has 2 nitrogen and oxygen atoms in total. The van der Waals surface area contributed by atoms with Crippen molar-refractivity contribution in [1.82, 2.24) is 0 Å². The zero-order valence-electron chi connectivity index (χ0n) is 34.1. The van der Waals surface area contributed by atoms with Crippen LogP contribution < -0.4 is 4.90 Å². The molecule has 0 aliphatic rings. The highest BCUT2D eigenvalue weighted by Crippen LogP contribution is 2.47. The summed E-state index contributed by atoms with van der Waals surface area (Å²) in [4.78, 5) is 2.47. The van der Waals surface area contributed by atoms with E-state index in [0.717, 1.165) is 44.6 Å². The third-order valence-corrected chi connectivity index (χ3v) is 14.0. The maximum atomic E-state index is 6.39. The van der Waals surface area contributed by atoms with E-state index in [9.17, 15) is 0 Å². The normalized spacial score (nSPS) is 11.8. The van der Waals surface area contributed by atoms with Gasteiger partial charge in [-0.1, -0.05) is 152 Å². The van der Waals surface area contributed by atoms with Crippen molar-refractivity contribution in [1.29, 1.82) is 0 Å². The molecule has 294 valence electrons. The van der Waals surface area contributed by atoms with Gasteiger partial charge in [0.05, 0.1) is 5.69 Å². The molecule has 3 heteroatoms. The fourth-order valence-electron chi connectivity index (χ4n) is 9.87. The van der Waals surface area contributed by atoms with Crippen LogP contribution in [-0.2, 0) is 0 Å². The van der Waals surface area contributed by atoms with Gasteiger partial charge in [-0.15, -0.1) is 11.3 Å². The van der Waals surface area contributed by atoms with E-state index in [0.29, 0.717) is 0 Å². The molecule has 13 aromatic rings. The maximum Gasteiger partial charge on any atom is 0.136 e. The average Bonchev–Trinajstić information content (AvgIpc) is 3.92. The summed E-state index contributed by atoms with van der Waals surface area (Å²) in [5.41, 5.74) is 12.4. The van der Waals surface area contributed by atoms with Gasteiger partial charge in [-0.2, -0.15) is 0 Å². The van der Waals surface area contributed by atoms with E-state index < -0.39 is 0 Å². The van der Waals surface area contributed by atoms with Gasteiger partial charge in [-0.25, -0.2) is 0 Å². The highest BCUT2D eigenvalue weighted by molar-refractivity contribution is 7.26. The Kier molecular flexibility index (Phi) is 8.12. The molecular formula is C60H37NOS. The zero-order valence-corrected chi connectivity index (χ0v) is 34.9. The van der Waals surface area contributed by atoms with Gasteiger partial charge in [0.1, 0.15) is 11.2 Å². The molecule has 11 aromatic carbocycles. The minimum Gasteiger partial charge on any atom is -0.456 e. The average molecular weight is 820 g/mol. The lowest BCUT2D eigenvalue weighted by atomic mass is 9.93. The molecule has 0 fully saturated rings. The molecule has 0 saturated heterocycles. The van der Waals surface area contributed by atoms with Crippen molar-refractivity contribution in [3.8, 4) is 33.4 Å². The maximum absolute atomic E-state index is 6.39. The van der Waals surface area contributed by atoms with Crippen LogP contribution in [0.25, 0.3) is 108 Å². The van der Waals surface area contributed by atoms with Crippen LogP contribution in [0.1, 0.15) is 0 Å². The predicted molar refractivity (Wildman–Crippen MR) is 270 cm³/mol. The van der Waals surface area contributed by atoms with Crippen LogP contribution in [0.2, 0.25) is 0 Å². The molecule has 0 aliphatic heterocycles. The lowest BCUT2D eigenvalue weighted by Gasteiger charge is -2.28. The number of hydrogen-bond acceptors (Lipinski definition) is 3. The van der Waals surface area contributed by atoms with Crippen molar-refractivity contribution in [2.75, 3.05) is 4.90 Å². The molecule has 63 heavy (non-hydrogen) atoms. The number of furan rings is 1. The zero-order chi connectivity index (χ0) is 41.4. The minimum atomic E-state index is 0.906. The fourth-order valence-corrected chi connectivity index (χ4v) is 11.0. The van der Waals surface area contributed by atoms with Crippen molar-refractivity contribution < 1.29 is 4.42 Å². The minimum absolute atomic E-state index is 0.906. The number of rotatable bonds is 6. The molecule has 0 spiro atoms. The second-order valence-electron chi connectivity index (χ2n) is 16.4. The second-order valence-corrected chi connectivity index (χ2v) is 17.5. The largest absolute Gasteiger partial charge is 0.456 e. The molecule has 2 heterocycles. The number of para-hydroxylation sites is 1. The smallest absolute Gasteiger partial charge is 0.136 e. The summed E-state index contributed by atoms with van der Waals surface area (Å²) in [6, 6.07) is 81.9. The highest BCUT2D eigenvalue weighted by atomic mass is 32.1. The van der Waals surface area contributed by atoms with Crippen LogP contribution in [0.5, 0.6) is 0 Å². The summed E-state index contributed by atoms with van der Waals surface area (Å²) in [6.07, 6.45) is 0. The van der Waals surface area contributed by atoms with Crippen LogP contribution >= 0.6 is 11.3 Å². The number of benzene rings is 11. The van der Waals surface area contributed by atoms with E-state index in [4.69, 9.17) is 4.42 Å². The molecule has 0 unspecified atom stereocenters. The first kappa shape index (κ1) is 35.7. The number of thiophene rings is 1. The molecule has 0 aliphatic carbocycles. The molecule has 0 N–H and O–H groups in total. The van der Waals surface area contributed by atoms with Crippen LogP contribution in [0, 0.1) is 0 Å². The standard InChI is InChI=1S/C60H37NOS/c1-3-13-38(14-4-1)40-26-30-46-41(33-40)17-11-22-55(46)61(44-28-25-42-34-52(39-15-5-2-6-16-39)48-18-7-8-19-49(48)53(42)36-44)45-29-32-58-54(37-45)60-47(21-12-24-59(60)63-58)43-27-31-51-50-20-9-10-23-56(50)62-57(51)35-43/h1-37H. The quantitative estimate of drug-likeness (QED) is 0.155. The number of nitrogens with zero attached hydrogens (tertiary/aromatic N) is 1. The van der Waals surface area contributed by atoms with Gasteiger partial charge in [-0.3, -0.25) is 0 Å². The Labute approximate surface area is 368 Å². The number of fused-ring (bicyclic) bond motifs is 10. The lowest BCUT2D eigenvalue weighted by Crippen LogP contribution is -2.10. The van der Waals surface area contributed by atoms with Crippen LogP contribution in [0.15, 0.2) is 229 Å². The van der Waals surface area contributed by atoms with Crippen molar-refractivity contribution >= 4 is 103 Å². The van der Waals surface area contributed by atoms with Gasteiger partial charge in [0.15, 0.2) is 0 Å². The summed E-state index contributed by atoms with van der Waals surface area (Å²) >= 11 is 1.85. The Balaban J connectivity index is 1.04. The van der Waals surface area contributed by atoms with Crippen molar-refractivity contribution in [3.63, 3.8) is 0 Å². The summed E-state index contributed by atoms with van der Waals surface area (Å²) in [5.74, 6) is 0. The van der Waals surface area contributed by atoms with E-state index >= 15 is 0 Å². The monoisotopic (exact) mass is 819 g/mol. The molecule has 2 aromatic heterocycles. The Morgan fingerprint density at radius 2 is 0.984 bits per heavy atom. The van der Waals surface area contributed by atoms with Crippen LogP contribution in [-0.4, -0.2) is 0 Å². The Morgan fingerprint density at radius 1 is 0.317 bits per heavy atom. The SMILES string of the molecule is c1ccc(-c2ccc3c(N(c4ccc5cc(-c6ccccc6)c6ccccc6c5c4)c4ccc5sc6cccc(-c7ccc8c(c7)oc7ccccc78)c6c5c4)cccc3c2)cc1.